The molecule has 2 aliphatic heterocycles. The van der Waals surface area contributed by atoms with Crippen LogP contribution in [-0.2, 0) is 5.41 Å². The normalized spacial score (nSPS) is 26.2. The molecular formula is C18H25N5O2. The van der Waals surface area contributed by atoms with Crippen molar-refractivity contribution >= 4 is 5.91 Å². The number of rotatable bonds is 2. The fourth-order valence-electron chi connectivity index (χ4n) is 4.09. The highest BCUT2D eigenvalue weighted by molar-refractivity contribution is 5.93. The molecule has 0 saturated carbocycles. The van der Waals surface area contributed by atoms with E-state index in [0.29, 0.717) is 17.5 Å². The Morgan fingerprint density at radius 3 is 2.40 bits per heavy atom. The van der Waals surface area contributed by atoms with Crippen LogP contribution in [0.5, 0.6) is 0 Å². The lowest BCUT2D eigenvalue weighted by Crippen LogP contribution is -2.47. The van der Waals surface area contributed by atoms with Crippen molar-refractivity contribution in [3.63, 3.8) is 0 Å². The third-order valence-electron chi connectivity index (χ3n) is 5.44. The highest BCUT2D eigenvalue weighted by Gasteiger charge is 2.45. The van der Waals surface area contributed by atoms with Crippen LogP contribution in [0, 0.1) is 6.92 Å². The van der Waals surface area contributed by atoms with Crippen LogP contribution in [0.2, 0.25) is 0 Å². The van der Waals surface area contributed by atoms with Crippen molar-refractivity contribution < 1.29 is 9.32 Å². The molecule has 2 aliphatic rings. The molecule has 134 valence electrons. The predicted molar refractivity (Wildman–Crippen MR) is 91.2 cm³/mol. The van der Waals surface area contributed by atoms with Gasteiger partial charge >= 0.3 is 0 Å². The van der Waals surface area contributed by atoms with Crippen molar-refractivity contribution in [3.8, 4) is 0 Å². The van der Waals surface area contributed by atoms with Crippen LogP contribution in [0.25, 0.3) is 0 Å². The fraction of sp³-hybridized carbons (Fsp3) is 0.667. The Hall–Kier alpha value is -2.18. The largest absolute Gasteiger partial charge is 0.361 e. The molecule has 0 radical (unpaired) electrons. The molecule has 2 aromatic heterocycles. The molecular weight excluding hydrogens is 318 g/mol. The van der Waals surface area contributed by atoms with Gasteiger partial charge in [-0.15, -0.1) is 5.10 Å². The first-order valence-corrected chi connectivity index (χ1v) is 9.01. The summed E-state index contributed by atoms with van der Waals surface area (Å²) in [7, 11) is 0. The van der Waals surface area contributed by atoms with Crippen molar-refractivity contribution in [2.75, 3.05) is 0 Å². The summed E-state index contributed by atoms with van der Waals surface area (Å²) in [6.07, 6.45) is 6.01. The summed E-state index contributed by atoms with van der Waals surface area (Å²) < 4.78 is 7.08. The van der Waals surface area contributed by atoms with Crippen molar-refractivity contribution in [2.45, 2.75) is 76.9 Å². The van der Waals surface area contributed by atoms with Crippen LogP contribution in [0.1, 0.15) is 74.4 Å². The van der Waals surface area contributed by atoms with E-state index in [-0.39, 0.29) is 23.4 Å². The Bertz CT molecular complexity index is 773. The van der Waals surface area contributed by atoms with E-state index in [9.17, 15) is 4.79 Å². The molecule has 4 heterocycles. The average molecular weight is 343 g/mol. The fourth-order valence-corrected chi connectivity index (χ4v) is 4.09. The van der Waals surface area contributed by atoms with Crippen LogP contribution >= 0.6 is 0 Å². The molecule has 2 aromatic rings. The number of nitrogens with zero attached hydrogens (tertiary/aromatic N) is 5. The highest BCUT2D eigenvalue weighted by atomic mass is 16.5. The standard InChI is InChI=1S/C18H25N5O2/c1-11-7-15(20-25-11)17(24)23-12-5-6-13(23)9-14(8-12)22-10-16(19-21-22)18(2,3)4/h7,10,12-14H,5-6,8-9H2,1-4H3. The summed E-state index contributed by atoms with van der Waals surface area (Å²) in [6.45, 7) is 8.24. The lowest BCUT2D eigenvalue weighted by Gasteiger charge is -2.38. The minimum Gasteiger partial charge on any atom is -0.361 e. The van der Waals surface area contributed by atoms with Gasteiger partial charge in [0.15, 0.2) is 5.69 Å². The van der Waals surface area contributed by atoms with Crippen molar-refractivity contribution in [2.24, 2.45) is 0 Å². The van der Waals surface area contributed by atoms with Crippen molar-refractivity contribution in [1.29, 1.82) is 0 Å². The third-order valence-corrected chi connectivity index (χ3v) is 5.44. The molecule has 2 unspecified atom stereocenters. The quantitative estimate of drug-likeness (QED) is 0.838. The van der Waals surface area contributed by atoms with Crippen LogP contribution < -0.4 is 0 Å². The van der Waals surface area contributed by atoms with E-state index < -0.39 is 0 Å². The summed E-state index contributed by atoms with van der Waals surface area (Å²) >= 11 is 0. The van der Waals surface area contributed by atoms with Crippen LogP contribution in [0.4, 0.5) is 0 Å². The van der Waals surface area contributed by atoms with E-state index in [2.05, 4.69) is 42.4 Å². The summed E-state index contributed by atoms with van der Waals surface area (Å²) in [5.41, 5.74) is 1.43. The van der Waals surface area contributed by atoms with E-state index in [1.165, 1.54) is 0 Å². The first-order valence-electron chi connectivity index (χ1n) is 9.01. The monoisotopic (exact) mass is 343 g/mol. The molecule has 0 N–H and O–H groups in total. The molecule has 0 aromatic carbocycles. The maximum atomic E-state index is 12.8. The SMILES string of the molecule is Cc1cc(C(=O)N2C3CCC2CC(n2cc(C(C)(C)C)nn2)C3)no1. The van der Waals surface area contributed by atoms with Gasteiger partial charge in [0.25, 0.3) is 5.91 Å². The number of amides is 1. The zero-order chi connectivity index (χ0) is 17.8. The molecule has 2 atom stereocenters. The molecule has 0 aliphatic carbocycles. The second-order valence-corrected chi connectivity index (χ2v) is 8.38. The zero-order valence-corrected chi connectivity index (χ0v) is 15.3. The van der Waals surface area contributed by atoms with Gasteiger partial charge in [0.2, 0.25) is 0 Å². The lowest BCUT2D eigenvalue weighted by molar-refractivity contribution is 0.0512. The van der Waals surface area contributed by atoms with Gasteiger partial charge in [-0.3, -0.25) is 4.79 Å². The second kappa shape index (κ2) is 5.68. The summed E-state index contributed by atoms with van der Waals surface area (Å²) in [4.78, 5) is 14.8. The highest BCUT2D eigenvalue weighted by Crippen LogP contribution is 2.41. The molecule has 7 nitrogen and oxygen atoms in total. The summed E-state index contributed by atoms with van der Waals surface area (Å²) in [6, 6.07) is 2.52. The van der Waals surface area contributed by atoms with Gasteiger partial charge < -0.3 is 9.42 Å². The minimum atomic E-state index is -0.00299. The van der Waals surface area contributed by atoms with Crippen LogP contribution in [0.15, 0.2) is 16.8 Å². The Kier molecular flexibility index (Phi) is 3.70. The maximum absolute atomic E-state index is 12.8. The first-order chi connectivity index (χ1) is 11.8. The molecule has 2 bridgehead atoms. The number of carbonyl (C=O) groups is 1. The van der Waals surface area contributed by atoms with Gasteiger partial charge in [0, 0.05) is 29.8 Å². The van der Waals surface area contributed by atoms with E-state index in [1.807, 2.05) is 16.5 Å². The number of carbonyl (C=O) groups excluding carboxylic acids is 1. The van der Waals surface area contributed by atoms with E-state index in [4.69, 9.17) is 4.52 Å². The van der Waals surface area contributed by atoms with Crippen molar-refractivity contribution in [3.05, 3.63) is 29.4 Å². The van der Waals surface area contributed by atoms with Crippen LogP contribution in [-0.4, -0.2) is 43.0 Å². The molecule has 2 fully saturated rings. The van der Waals surface area contributed by atoms with Gasteiger partial charge in [-0.05, 0) is 32.6 Å². The van der Waals surface area contributed by atoms with Gasteiger partial charge in [-0.1, -0.05) is 31.1 Å². The predicted octanol–water partition coefficient (Wildman–Crippen LogP) is 2.88. The maximum Gasteiger partial charge on any atom is 0.276 e. The van der Waals surface area contributed by atoms with E-state index in [0.717, 1.165) is 31.4 Å². The smallest absolute Gasteiger partial charge is 0.276 e. The van der Waals surface area contributed by atoms with Gasteiger partial charge in [-0.25, -0.2) is 4.68 Å². The molecule has 25 heavy (non-hydrogen) atoms. The second-order valence-electron chi connectivity index (χ2n) is 8.38. The minimum absolute atomic E-state index is 0.00128. The number of hydrogen-bond acceptors (Lipinski definition) is 5. The Morgan fingerprint density at radius 2 is 1.88 bits per heavy atom. The summed E-state index contributed by atoms with van der Waals surface area (Å²) in [5.74, 6) is 0.666. The Balaban J connectivity index is 1.52. The first kappa shape index (κ1) is 16.3. The van der Waals surface area contributed by atoms with Gasteiger partial charge in [-0.2, -0.15) is 0 Å². The van der Waals surface area contributed by atoms with Crippen molar-refractivity contribution in [1.82, 2.24) is 25.1 Å². The lowest BCUT2D eigenvalue weighted by atomic mass is 9.93. The van der Waals surface area contributed by atoms with E-state index >= 15 is 0 Å². The molecule has 0 spiro atoms. The summed E-state index contributed by atoms with van der Waals surface area (Å²) in [5, 5.41) is 12.6. The topological polar surface area (TPSA) is 77.1 Å². The Morgan fingerprint density at radius 1 is 1.20 bits per heavy atom. The third kappa shape index (κ3) is 2.85. The molecule has 4 rings (SSSR count). The molecule has 7 heteroatoms. The number of piperidine rings is 1. The number of aromatic nitrogens is 4. The number of fused-ring (bicyclic) bond motifs is 2. The van der Waals surface area contributed by atoms with Gasteiger partial charge in [0.05, 0.1) is 11.7 Å². The number of aryl methyl sites for hydroxylation is 1. The zero-order valence-electron chi connectivity index (χ0n) is 15.3. The van der Waals surface area contributed by atoms with E-state index in [1.54, 1.807) is 6.07 Å². The Labute approximate surface area is 147 Å². The van der Waals surface area contributed by atoms with Crippen LogP contribution in [0.3, 0.4) is 0 Å². The number of hydrogen-bond donors (Lipinski definition) is 0. The average Bonchev–Trinajstić information content (AvgIpc) is 3.24. The van der Waals surface area contributed by atoms with Gasteiger partial charge in [0.1, 0.15) is 5.76 Å². The molecule has 1 amide bonds. The molecule has 2 saturated heterocycles.